The van der Waals surface area contributed by atoms with Gasteiger partial charge in [-0.15, -0.1) is 0 Å². The maximum atomic E-state index is 12.1. The molecular weight excluding hydrogens is 310 g/mol. The zero-order valence-corrected chi connectivity index (χ0v) is 15.0. The molecule has 1 aromatic rings. The first-order valence-electron chi connectivity index (χ1n) is 7.69. The first-order valence-corrected chi connectivity index (χ1v) is 7.69. The Hall–Kier alpha value is -2.37. The fourth-order valence-corrected chi connectivity index (χ4v) is 2.36. The molecule has 6 heteroatoms. The molecule has 1 atom stereocenters. The van der Waals surface area contributed by atoms with E-state index in [1.54, 1.807) is 52.1 Å². The summed E-state index contributed by atoms with van der Waals surface area (Å²) < 4.78 is 10.4. The average Bonchev–Trinajstić information content (AvgIpc) is 2.44. The molecule has 132 valence electrons. The first-order chi connectivity index (χ1) is 11.0. The van der Waals surface area contributed by atoms with Crippen LogP contribution >= 0.6 is 0 Å². The summed E-state index contributed by atoms with van der Waals surface area (Å²) in [7, 11) is 1.54. The lowest BCUT2D eigenvalue weighted by molar-refractivity contribution is -0.131. The molecule has 0 spiro atoms. The number of amides is 1. The van der Waals surface area contributed by atoms with Gasteiger partial charge in [-0.3, -0.25) is 9.59 Å². The van der Waals surface area contributed by atoms with Gasteiger partial charge in [0.05, 0.1) is 13.2 Å². The van der Waals surface area contributed by atoms with Crippen LogP contribution in [-0.2, 0) is 14.3 Å². The van der Waals surface area contributed by atoms with E-state index in [0.717, 1.165) is 0 Å². The highest BCUT2D eigenvalue weighted by atomic mass is 16.6. The van der Waals surface area contributed by atoms with Crippen molar-refractivity contribution in [2.45, 2.75) is 46.3 Å². The highest BCUT2D eigenvalue weighted by Crippen LogP contribution is 2.26. The van der Waals surface area contributed by atoms with Crippen LogP contribution in [-0.4, -0.2) is 30.4 Å². The lowest BCUT2D eigenvalue weighted by Crippen LogP contribution is -2.41. The van der Waals surface area contributed by atoms with Crippen LogP contribution < -0.4 is 10.1 Å². The number of benzene rings is 1. The number of Topliss-reactive ketones (excluding diaryl/α,β-unsaturated/α-hetero) is 2. The third kappa shape index (κ3) is 5.68. The molecule has 24 heavy (non-hydrogen) atoms. The maximum absolute atomic E-state index is 12.1. The first kappa shape index (κ1) is 19.7. The molecule has 0 aliphatic carbocycles. The van der Waals surface area contributed by atoms with Crippen molar-refractivity contribution in [1.29, 1.82) is 0 Å². The van der Waals surface area contributed by atoms with Crippen LogP contribution in [0.4, 0.5) is 4.79 Å². The predicted molar refractivity (Wildman–Crippen MR) is 90.0 cm³/mol. The minimum absolute atomic E-state index is 0.320. The molecule has 1 unspecified atom stereocenters. The van der Waals surface area contributed by atoms with E-state index in [9.17, 15) is 14.4 Å². The van der Waals surface area contributed by atoms with Crippen LogP contribution in [0.3, 0.4) is 0 Å². The highest BCUT2D eigenvalue weighted by molar-refractivity contribution is 6.01. The molecule has 6 nitrogen and oxygen atoms in total. The van der Waals surface area contributed by atoms with Crippen molar-refractivity contribution < 1.29 is 23.9 Å². The number of rotatable bonds is 6. The minimum atomic E-state index is -0.981. The van der Waals surface area contributed by atoms with E-state index >= 15 is 0 Å². The van der Waals surface area contributed by atoms with Gasteiger partial charge >= 0.3 is 6.09 Å². The molecule has 0 bridgehead atoms. The monoisotopic (exact) mass is 335 g/mol. The Morgan fingerprint density at radius 2 is 1.50 bits per heavy atom. The summed E-state index contributed by atoms with van der Waals surface area (Å²) in [6, 6.07) is 6.02. The van der Waals surface area contributed by atoms with Gasteiger partial charge in [-0.05, 0) is 52.3 Å². The molecule has 1 rings (SSSR count). The average molecular weight is 335 g/mol. The molecular formula is C18H25NO5. The number of hydrogen-bond acceptors (Lipinski definition) is 5. The van der Waals surface area contributed by atoms with Crippen molar-refractivity contribution in [3.05, 3.63) is 29.8 Å². The molecule has 0 heterocycles. The predicted octanol–water partition coefficient (Wildman–Crippen LogP) is 3.06. The van der Waals surface area contributed by atoms with Crippen LogP contribution in [0.25, 0.3) is 0 Å². The van der Waals surface area contributed by atoms with Gasteiger partial charge in [-0.1, -0.05) is 12.1 Å². The Kier molecular flexibility index (Phi) is 6.51. The van der Waals surface area contributed by atoms with Gasteiger partial charge in [0.15, 0.2) is 0 Å². The number of ether oxygens (including phenoxy) is 2. The van der Waals surface area contributed by atoms with E-state index in [-0.39, 0.29) is 11.6 Å². The minimum Gasteiger partial charge on any atom is -0.497 e. The Balaban J connectivity index is 3.17. The zero-order chi connectivity index (χ0) is 18.5. The summed E-state index contributed by atoms with van der Waals surface area (Å²) in [6.45, 7) is 7.88. The van der Waals surface area contributed by atoms with Crippen molar-refractivity contribution in [2.24, 2.45) is 5.92 Å². The summed E-state index contributed by atoms with van der Waals surface area (Å²) in [6.07, 6.45) is -0.684. The Labute approximate surface area is 142 Å². The van der Waals surface area contributed by atoms with Crippen LogP contribution in [0.5, 0.6) is 5.75 Å². The van der Waals surface area contributed by atoms with Crippen LogP contribution in [0.1, 0.15) is 46.2 Å². The van der Waals surface area contributed by atoms with E-state index in [0.29, 0.717) is 11.3 Å². The molecule has 1 N–H and O–H groups in total. The van der Waals surface area contributed by atoms with Crippen LogP contribution in [0.15, 0.2) is 24.3 Å². The molecule has 0 aliphatic heterocycles. The van der Waals surface area contributed by atoms with Crippen molar-refractivity contribution in [1.82, 2.24) is 5.32 Å². The van der Waals surface area contributed by atoms with Gasteiger partial charge in [-0.2, -0.15) is 0 Å². The summed E-state index contributed by atoms with van der Waals surface area (Å²) in [4.78, 5) is 36.0. The smallest absolute Gasteiger partial charge is 0.408 e. The SMILES string of the molecule is COc1ccc(C(NC(=O)OC(C)(C)C)C(C(C)=O)C(C)=O)cc1. The van der Waals surface area contributed by atoms with E-state index < -0.39 is 23.7 Å². The van der Waals surface area contributed by atoms with E-state index in [1.807, 2.05) is 0 Å². The lowest BCUT2D eigenvalue weighted by Gasteiger charge is -2.27. The van der Waals surface area contributed by atoms with Gasteiger partial charge in [-0.25, -0.2) is 4.79 Å². The summed E-state index contributed by atoms with van der Waals surface area (Å²) in [5.74, 6) is -0.985. The molecule has 1 aromatic carbocycles. The van der Waals surface area contributed by atoms with Crippen LogP contribution in [0, 0.1) is 5.92 Å². The maximum Gasteiger partial charge on any atom is 0.408 e. The molecule has 0 aromatic heterocycles. The van der Waals surface area contributed by atoms with Crippen molar-refractivity contribution in [3.8, 4) is 5.75 Å². The number of carbonyl (C=O) groups is 3. The molecule has 0 aliphatic rings. The van der Waals surface area contributed by atoms with E-state index in [2.05, 4.69) is 5.32 Å². The van der Waals surface area contributed by atoms with E-state index in [4.69, 9.17) is 9.47 Å². The zero-order valence-electron chi connectivity index (χ0n) is 15.0. The molecule has 0 saturated carbocycles. The number of hydrogen-bond donors (Lipinski definition) is 1. The largest absolute Gasteiger partial charge is 0.497 e. The van der Waals surface area contributed by atoms with Crippen molar-refractivity contribution in [3.63, 3.8) is 0 Å². The second-order valence-corrected chi connectivity index (χ2v) is 6.60. The Morgan fingerprint density at radius 3 is 1.88 bits per heavy atom. The number of alkyl carbamates (subject to hydrolysis) is 1. The standard InChI is InChI=1S/C18H25NO5/c1-11(20)15(12(2)21)16(19-17(22)24-18(3,4)5)13-7-9-14(23-6)10-8-13/h7-10,15-16H,1-6H3,(H,19,22). The van der Waals surface area contributed by atoms with Crippen molar-refractivity contribution >= 4 is 17.7 Å². The summed E-state index contributed by atoms with van der Waals surface area (Å²) in [5.41, 5.74) is -0.0618. The van der Waals surface area contributed by atoms with Gasteiger partial charge in [0.1, 0.15) is 28.8 Å². The number of nitrogens with one attached hydrogen (secondary N) is 1. The molecule has 0 radical (unpaired) electrons. The van der Waals surface area contributed by atoms with Crippen molar-refractivity contribution in [2.75, 3.05) is 7.11 Å². The number of methoxy groups -OCH3 is 1. The lowest BCUT2D eigenvalue weighted by atomic mass is 9.87. The van der Waals surface area contributed by atoms with E-state index in [1.165, 1.54) is 13.8 Å². The fraction of sp³-hybridized carbons (Fsp3) is 0.500. The Morgan fingerprint density at radius 1 is 1.00 bits per heavy atom. The second-order valence-electron chi connectivity index (χ2n) is 6.60. The Bertz CT molecular complexity index is 587. The third-order valence-corrected chi connectivity index (χ3v) is 3.36. The summed E-state index contributed by atoms with van der Waals surface area (Å²) >= 11 is 0. The fourth-order valence-electron chi connectivity index (χ4n) is 2.36. The van der Waals surface area contributed by atoms with Gasteiger partial charge in [0.2, 0.25) is 0 Å². The van der Waals surface area contributed by atoms with Gasteiger partial charge < -0.3 is 14.8 Å². The topological polar surface area (TPSA) is 81.7 Å². The number of ketones is 2. The molecule has 0 fully saturated rings. The highest BCUT2D eigenvalue weighted by Gasteiger charge is 2.33. The van der Waals surface area contributed by atoms with Crippen LogP contribution in [0.2, 0.25) is 0 Å². The normalized spacial score (nSPS) is 12.5. The summed E-state index contributed by atoms with van der Waals surface area (Å²) in [5, 5.41) is 2.65. The molecule has 1 amide bonds. The third-order valence-electron chi connectivity index (χ3n) is 3.36. The van der Waals surface area contributed by atoms with Gasteiger partial charge in [0.25, 0.3) is 0 Å². The second kappa shape index (κ2) is 7.95. The van der Waals surface area contributed by atoms with Gasteiger partial charge in [0, 0.05) is 0 Å². The molecule has 0 saturated heterocycles. The quantitative estimate of drug-likeness (QED) is 0.808. The number of carbonyl (C=O) groups excluding carboxylic acids is 3.